The maximum atomic E-state index is 13.3. The maximum absolute atomic E-state index is 13.3. The van der Waals surface area contributed by atoms with Crippen molar-refractivity contribution in [3.8, 4) is 0 Å². The summed E-state index contributed by atoms with van der Waals surface area (Å²) in [5.41, 5.74) is 1.57. The number of carbonyl (C=O) groups excluding carboxylic acids is 2. The van der Waals surface area contributed by atoms with Crippen LogP contribution in [-0.4, -0.2) is 74.8 Å². The van der Waals surface area contributed by atoms with Gasteiger partial charge in [0.2, 0.25) is 5.91 Å². The van der Waals surface area contributed by atoms with Crippen LogP contribution in [0.3, 0.4) is 0 Å². The SMILES string of the molecule is CCN1CCN(C(=O)C2Cn3cccc3C(=O)N2Cc2cccnc2)CC1. The van der Waals surface area contributed by atoms with Crippen LogP contribution in [0.4, 0.5) is 0 Å². The van der Waals surface area contributed by atoms with E-state index in [1.807, 2.05) is 39.9 Å². The summed E-state index contributed by atoms with van der Waals surface area (Å²) in [6, 6.07) is 7.00. The Morgan fingerprint density at radius 2 is 2.00 bits per heavy atom. The zero-order valence-corrected chi connectivity index (χ0v) is 15.6. The first-order valence-electron chi connectivity index (χ1n) is 9.53. The van der Waals surface area contributed by atoms with Gasteiger partial charge in [0.15, 0.2) is 0 Å². The number of rotatable bonds is 4. The summed E-state index contributed by atoms with van der Waals surface area (Å²) < 4.78 is 1.90. The van der Waals surface area contributed by atoms with Crippen LogP contribution in [0.1, 0.15) is 23.0 Å². The Kier molecular flexibility index (Phi) is 4.94. The fourth-order valence-corrected chi connectivity index (χ4v) is 3.92. The lowest BCUT2D eigenvalue weighted by Gasteiger charge is -2.41. The number of nitrogens with zero attached hydrogens (tertiary/aromatic N) is 5. The number of amides is 2. The lowest BCUT2D eigenvalue weighted by molar-refractivity contribution is -0.139. The van der Waals surface area contributed by atoms with E-state index in [0.29, 0.717) is 18.8 Å². The highest BCUT2D eigenvalue weighted by Gasteiger charge is 2.39. The van der Waals surface area contributed by atoms with Crippen molar-refractivity contribution >= 4 is 11.8 Å². The maximum Gasteiger partial charge on any atom is 0.271 e. The number of hydrogen-bond donors (Lipinski definition) is 0. The highest BCUT2D eigenvalue weighted by atomic mass is 16.2. The van der Waals surface area contributed by atoms with Crippen LogP contribution in [0.15, 0.2) is 42.9 Å². The number of hydrogen-bond acceptors (Lipinski definition) is 4. The lowest BCUT2D eigenvalue weighted by Crippen LogP contribution is -2.58. The Morgan fingerprint density at radius 3 is 2.70 bits per heavy atom. The highest BCUT2D eigenvalue weighted by Crippen LogP contribution is 2.22. The largest absolute Gasteiger partial charge is 0.341 e. The Hall–Kier alpha value is -2.67. The zero-order valence-electron chi connectivity index (χ0n) is 15.6. The van der Waals surface area contributed by atoms with Gasteiger partial charge in [-0.1, -0.05) is 13.0 Å². The molecule has 27 heavy (non-hydrogen) atoms. The van der Waals surface area contributed by atoms with Crippen molar-refractivity contribution < 1.29 is 9.59 Å². The van der Waals surface area contributed by atoms with Gasteiger partial charge in [-0.05, 0) is 30.3 Å². The molecule has 0 aromatic carbocycles. The van der Waals surface area contributed by atoms with Crippen LogP contribution in [0.2, 0.25) is 0 Å². The van der Waals surface area contributed by atoms with Crippen molar-refractivity contribution in [1.82, 2.24) is 24.3 Å². The third kappa shape index (κ3) is 3.47. The van der Waals surface area contributed by atoms with E-state index in [9.17, 15) is 9.59 Å². The molecule has 4 heterocycles. The van der Waals surface area contributed by atoms with Crippen molar-refractivity contribution in [1.29, 1.82) is 0 Å². The van der Waals surface area contributed by atoms with Gasteiger partial charge in [0.05, 0.1) is 6.54 Å². The fraction of sp³-hybridized carbons (Fsp3) is 0.450. The average molecular weight is 367 g/mol. The second kappa shape index (κ2) is 7.52. The summed E-state index contributed by atoms with van der Waals surface area (Å²) in [7, 11) is 0. The molecular weight excluding hydrogens is 342 g/mol. The summed E-state index contributed by atoms with van der Waals surface area (Å²) in [6.45, 7) is 7.25. The second-order valence-electron chi connectivity index (χ2n) is 7.12. The standard InChI is InChI=1S/C20H25N5O2/c1-2-22-9-11-23(12-10-22)19(26)18-15-24-8-4-6-17(24)20(27)25(18)14-16-5-3-7-21-13-16/h3-8,13,18H,2,9-12,14-15H2,1H3. The van der Waals surface area contributed by atoms with Gasteiger partial charge in [0, 0.05) is 51.3 Å². The molecule has 0 bridgehead atoms. The summed E-state index contributed by atoms with van der Waals surface area (Å²) in [5, 5.41) is 0. The first kappa shape index (κ1) is 17.7. The van der Waals surface area contributed by atoms with Crippen molar-refractivity contribution in [2.24, 2.45) is 0 Å². The molecule has 7 nitrogen and oxygen atoms in total. The van der Waals surface area contributed by atoms with Gasteiger partial charge >= 0.3 is 0 Å². The van der Waals surface area contributed by atoms with Crippen molar-refractivity contribution in [3.05, 3.63) is 54.1 Å². The Morgan fingerprint density at radius 1 is 1.19 bits per heavy atom. The van der Waals surface area contributed by atoms with Gasteiger partial charge < -0.3 is 19.3 Å². The number of carbonyl (C=O) groups is 2. The molecule has 1 atom stereocenters. The van der Waals surface area contributed by atoms with E-state index in [0.717, 1.165) is 38.3 Å². The molecular formula is C20H25N5O2. The van der Waals surface area contributed by atoms with E-state index in [4.69, 9.17) is 0 Å². The van der Waals surface area contributed by atoms with Gasteiger partial charge in [0.1, 0.15) is 11.7 Å². The molecule has 2 aromatic rings. The average Bonchev–Trinajstić information content (AvgIpc) is 3.19. The molecule has 0 N–H and O–H groups in total. The van der Waals surface area contributed by atoms with Crippen LogP contribution in [0, 0.1) is 0 Å². The summed E-state index contributed by atoms with van der Waals surface area (Å²) in [5.74, 6) is -0.0528. The number of likely N-dealkylation sites (N-methyl/N-ethyl adjacent to an activating group) is 1. The molecule has 2 amide bonds. The van der Waals surface area contributed by atoms with Crippen LogP contribution in [0.25, 0.3) is 0 Å². The van der Waals surface area contributed by atoms with E-state index < -0.39 is 6.04 Å². The van der Waals surface area contributed by atoms with Gasteiger partial charge in [-0.15, -0.1) is 0 Å². The predicted molar refractivity (Wildman–Crippen MR) is 101 cm³/mol. The minimum absolute atomic E-state index is 0.0438. The number of aromatic nitrogens is 2. The van der Waals surface area contributed by atoms with E-state index in [1.54, 1.807) is 17.3 Å². The second-order valence-corrected chi connectivity index (χ2v) is 7.12. The molecule has 2 aromatic heterocycles. The fourth-order valence-electron chi connectivity index (χ4n) is 3.92. The van der Waals surface area contributed by atoms with Crippen LogP contribution in [-0.2, 0) is 17.9 Å². The number of fused-ring (bicyclic) bond motifs is 1. The predicted octanol–water partition coefficient (Wildman–Crippen LogP) is 1.07. The van der Waals surface area contributed by atoms with Gasteiger partial charge in [0.25, 0.3) is 5.91 Å². The Bertz CT molecular complexity index is 811. The van der Waals surface area contributed by atoms with Crippen LogP contribution < -0.4 is 0 Å². The molecule has 1 fully saturated rings. The lowest BCUT2D eigenvalue weighted by atomic mass is 10.1. The van der Waals surface area contributed by atoms with E-state index >= 15 is 0 Å². The minimum Gasteiger partial charge on any atom is -0.341 e. The molecule has 2 aliphatic heterocycles. The van der Waals surface area contributed by atoms with Gasteiger partial charge in [-0.3, -0.25) is 14.6 Å². The first-order valence-corrected chi connectivity index (χ1v) is 9.53. The molecule has 0 aliphatic carbocycles. The smallest absolute Gasteiger partial charge is 0.271 e. The van der Waals surface area contributed by atoms with Crippen LogP contribution in [0.5, 0.6) is 0 Å². The third-order valence-electron chi connectivity index (χ3n) is 5.55. The molecule has 2 aliphatic rings. The monoisotopic (exact) mass is 367 g/mol. The topological polar surface area (TPSA) is 61.7 Å². The normalized spacial score (nSPS) is 20.6. The zero-order chi connectivity index (χ0) is 18.8. The van der Waals surface area contributed by atoms with E-state index in [1.165, 1.54) is 0 Å². The van der Waals surface area contributed by atoms with Crippen molar-refractivity contribution in [2.45, 2.75) is 26.1 Å². The molecule has 142 valence electrons. The summed E-state index contributed by atoms with van der Waals surface area (Å²) in [4.78, 5) is 36.5. The van der Waals surface area contributed by atoms with Crippen LogP contribution >= 0.6 is 0 Å². The summed E-state index contributed by atoms with van der Waals surface area (Å²) >= 11 is 0. The first-order chi connectivity index (χ1) is 13.2. The highest BCUT2D eigenvalue weighted by molar-refractivity contribution is 5.97. The molecule has 0 saturated carbocycles. The Labute approximate surface area is 159 Å². The van der Waals surface area contributed by atoms with Crippen molar-refractivity contribution in [2.75, 3.05) is 32.7 Å². The molecule has 7 heteroatoms. The minimum atomic E-state index is -0.481. The van der Waals surface area contributed by atoms with Crippen molar-refractivity contribution in [3.63, 3.8) is 0 Å². The molecule has 1 saturated heterocycles. The third-order valence-corrected chi connectivity index (χ3v) is 5.55. The molecule has 0 radical (unpaired) electrons. The number of pyridine rings is 1. The summed E-state index contributed by atoms with van der Waals surface area (Å²) in [6.07, 6.45) is 5.34. The number of piperazine rings is 1. The Balaban J connectivity index is 1.58. The molecule has 0 spiro atoms. The molecule has 1 unspecified atom stereocenters. The van der Waals surface area contributed by atoms with Gasteiger partial charge in [-0.2, -0.15) is 0 Å². The quantitative estimate of drug-likeness (QED) is 0.811. The molecule has 4 rings (SSSR count). The van der Waals surface area contributed by atoms with Gasteiger partial charge in [-0.25, -0.2) is 0 Å². The van der Waals surface area contributed by atoms with E-state index in [2.05, 4.69) is 16.8 Å². The van der Waals surface area contributed by atoms with E-state index in [-0.39, 0.29) is 11.8 Å².